The van der Waals surface area contributed by atoms with Gasteiger partial charge in [-0.2, -0.15) is 0 Å². The van der Waals surface area contributed by atoms with Crippen molar-refractivity contribution in [2.75, 3.05) is 19.7 Å². The second-order valence-electron chi connectivity index (χ2n) is 5.88. The van der Waals surface area contributed by atoms with Gasteiger partial charge in [-0.15, -0.1) is 0 Å². The van der Waals surface area contributed by atoms with Gasteiger partial charge in [-0.05, 0) is 51.5 Å². The van der Waals surface area contributed by atoms with Crippen LogP contribution in [0.3, 0.4) is 0 Å². The Hall–Kier alpha value is -0.610. The van der Waals surface area contributed by atoms with Gasteiger partial charge < -0.3 is 15.7 Å². The van der Waals surface area contributed by atoms with Gasteiger partial charge in [0.25, 0.3) is 0 Å². The molecule has 1 atom stereocenters. The minimum Gasteiger partial charge on any atom is -0.396 e. The maximum Gasteiger partial charge on any atom is 0.222 e. The number of amides is 1. The highest BCUT2D eigenvalue weighted by atomic mass is 16.3. The Morgan fingerprint density at radius 3 is 2.26 bits per heavy atom. The van der Waals surface area contributed by atoms with Crippen LogP contribution in [-0.4, -0.2) is 41.7 Å². The lowest BCUT2D eigenvalue weighted by molar-refractivity contribution is -0.133. The van der Waals surface area contributed by atoms with E-state index in [0.717, 1.165) is 12.8 Å². The molecule has 0 saturated carbocycles. The first-order chi connectivity index (χ1) is 8.93. The zero-order valence-corrected chi connectivity index (χ0v) is 13.1. The standard InChI is InChI=1S/C15H32N2O2/c1-12(2)14(8-9-16)6-7-15(19)17(13(3)4)10-5-11-18/h12-14,18H,5-11,16H2,1-4H3. The number of nitrogens with zero attached hydrogens (tertiary/aromatic N) is 1. The van der Waals surface area contributed by atoms with Crippen molar-refractivity contribution >= 4 is 5.91 Å². The molecular formula is C15H32N2O2. The van der Waals surface area contributed by atoms with Crippen LogP contribution >= 0.6 is 0 Å². The summed E-state index contributed by atoms with van der Waals surface area (Å²) in [5, 5.41) is 8.89. The van der Waals surface area contributed by atoms with Crippen molar-refractivity contribution in [2.45, 2.75) is 59.4 Å². The molecule has 0 aromatic carbocycles. The highest BCUT2D eigenvalue weighted by molar-refractivity contribution is 5.76. The third-order valence-corrected chi connectivity index (χ3v) is 3.71. The van der Waals surface area contributed by atoms with E-state index in [1.54, 1.807) is 0 Å². The molecule has 0 aliphatic carbocycles. The maximum absolute atomic E-state index is 12.2. The van der Waals surface area contributed by atoms with Gasteiger partial charge in [-0.25, -0.2) is 0 Å². The van der Waals surface area contributed by atoms with Gasteiger partial charge in [-0.1, -0.05) is 13.8 Å². The highest BCUT2D eigenvalue weighted by Crippen LogP contribution is 2.21. The van der Waals surface area contributed by atoms with Crippen LogP contribution in [0, 0.1) is 11.8 Å². The second-order valence-corrected chi connectivity index (χ2v) is 5.88. The molecule has 1 unspecified atom stereocenters. The first-order valence-electron chi connectivity index (χ1n) is 7.54. The van der Waals surface area contributed by atoms with E-state index in [9.17, 15) is 4.79 Å². The van der Waals surface area contributed by atoms with Crippen molar-refractivity contribution in [2.24, 2.45) is 17.6 Å². The largest absolute Gasteiger partial charge is 0.396 e. The Balaban J connectivity index is 4.30. The Labute approximate surface area is 118 Å². The lowest BCUT2D eigenvalue weighted by Gasteiger charge is -2.28. The highest BCUT2D eigenvalue weighted by Gasteiger charge is 2.19. The van der Waals surface area contributed by atoms with Crippen LogP contribution in [0.5, 0.6) is 0 Å². The van der Waals surface area contributed by atoms with Crippen molar-refractivity contribution in [3.63, 3.8) is 0 Å². The maximum atomic E-state index is 12.2. The number of aliphatic hydroxyl groups excluding tert-OH is 1. The van der Waals surface area contributed by atoms with E-state index in [1.165, 1.54) is 0 Å². The minimum absolute atomic E-state index is 0.137. The van der Waals surface area contributed by atoms with E-state index in [0.29, 0.717) is 37.8 Å². The molecule has 0 rings (SSSR count). The van der Waals surface area contributed by atoms with Crippen LogP contribution in [0.4, 0.5) is 0 Å². The van der Waals surface area contributed by atoms with Crippen LogP contribution < -0.4 is 5.73 Å². The van der Waals surface area contributed by atoms with E-state index in [2.05, 4.69) is 13.8 Å². The quantitative estimate of drug-likeness (QED) is 0.639. The topological polar surface area (TPSA) is 66.6 Å². The lowest BCUT2D eigenvalue weighted by Crippen LogP contribution is -2.38. The van der Waals surface area contributed by atoms with E-state index in [1.807, 2.05) is 18.7 Å². The number of nitrogens with two attached hydrogens (primary N) is 1. The predicted octanol–water partition coefficient (Wildman–Crippen LogP) is 2.01. The van der Waals surface area contributed by atoms with Gasteiger partial charge in [0.2, 0.25) is 5.91 Å². The molecule has 0 aliphatic rings. The number of carbonyl (C=O) groups is 1. The number of aliphatic hydroxyl groups is 1. The zero-order chi connectivity index (χ0) is 14.8. The molecular weight excluding hydrogens is 240 g/mol. The summed E-state index contributed by atoms with van der Waals surface area (Å²) in [7, 11) is 0. The van der Waals surface area contributed by atoms with Crippen LogP contribution in [0.25, 0.3) is 0 Å². The summed E-state index contributed by atoms with van der Waals surface area (Å²) in [5.74, 6) is 1.30. The summed E-state index contributed by atoms with van der Waals surface area (Å²) in [6.45, 7) is 9.90. The molecule has 0 radical (unpaired) electrons. The van der Waals surface area contributed by atoms with E-state index in [-0.39, 0.29) is 18.6 Å². The summed E-state index contributed by atoms with van der Waals surface area (Å²) in [5.41, 5.74) is 5.62. The van der Waals surface area contributed by atoms with Gasteiger partial charge in [0, 0.05) is 25.6 Å². The Bertz CT molecular complexity index is 242. The van der Waals surface area contributed by atoms with Gasteiger partial charge in [-0.3, -0.25) is 4.79 Å². The van der Waals surface area contributed by atoms with Crippen LogP contribution in [0.1, 0.15) is 53.4 Å². The zero-order valence-electron chi connectivity index (χ0n) is 13.1. The molecule has 4 heteroatoms. The SMILES string of the molecule is CC(C)C(CCN)CCC(=O)N(CCCO)C(C)C. The van der Waals surface area contributed by atoms with Crippen molar-refractivity contribution in [1.29, 1.82) is 0 Å². The molecule has 3 N–H and O–H groups in total. The van der Waals surface area contributed by atoms with Gasteiger partial charge >= 0.3 is 0 Å². The molecule has 1 amide bonds. The fourth-order valence-electron chi connectivity index (χ4n) is 2.39. The third-order valence-electron chi connectivity index (χ3n) is 3.71. The van der Waals surface area contributed by atoms with Crippen molar-refractivity contribution in [3.05, 3.63) is 0 Å². The second kappa shape index (κ2) is 10.2. The van der Waals surface area contributed by atoms with Crippen LogP contribution in [-0.2, 0) is 4.79 Å². The number of hydrogen-bond acceptors (Lipinski definition) is 3. The minimum atomic E-state index is 0.137. The molecule has 0 spiro atoms. The Morgan fingerprint density at radius 2 is 1.84 bits per heavy atom. The molecule has 0 saturated heterocycles. The molecule has 0 bridgehead atoms. The summed E-state index contributed by atoms with van der Waals surface area (Å²) in [6.07, 6.45) is 3.14. The molecule has 0 aromatic heterocycles. The van der Waals surface area contributed by atoms with Crippen molar-refractivity contribution < 1.29 is 9.90 Å². The van der Waals surface area contributed by atoms with Gasteiger partial charge in [0.05, 0.1) is 0 Å². The van der Waals surface area contributed by atoms with Crippen LogP contribution in [0.2, 0.25) is 0 Å². The normalized spacial score (nSPS) is 13.1. The number of hydrogen-bond donors (Lipinski definition) is 2. The molecule has 0 fully saturated rings. The molecule has 0 heterocycles. The van der Waals surface area contributed by atoms with Crippen molar-refractivity contribution in [1.82, 2.24) is 4.90 Å². The lowest BCUT2D eigenvalue weighted by atomic mass is 9.88. The average Bonchev–Trinajstić information content (AvgIpc) is 2.34. The van der Waals surface area contributed by atoms with Gasteiger partial charge in [0.15, 0.2) is 0 Å². The summed E-state index contributed by atoms with van der Waals surface area (Å²) in [4.78, 5) is 14.1. The predicted molar refractivity (Wildman–Crippen MR) is 79.8 cm³/mol. The number of carbonyl (C=O) groups excluding carboxylic acids is 1. The average molecular weight is 272 g/mol. The fraction of sp³-hybridized carbons (Fsp3) is 0.933. The van der Waals surface area contributed by atoms with Crippen LogP contribution in [0.15, 0.2) is 0 Å². The molecule has 0 aromatic rings. The van der Waals surface area contributed by atoms with E-state index >= 15 is 0 Å². The summed E-state index contributed by atoms with van der Waals surface area (Å²) in [6, 6.07) is 0.200. The third kappa shape index (κ3) is 7.53. The fourth-order valence-corrected chi connectivity index (χ4v) is 2.39. The van der Waals surface area contributed by atoms with Gasteiger partial charge in [0.1, 0.15) is 0 Å². The monoisotopic (exact) mass is 272 g/mol. The molecule has 19 heavy (non-hydrogen) atoms. The Kier molecular flexibility index (Phi) is 9.88. The van der Waals surface area contributed by atoms with E-state index in [4.69, 9.17) is 10.8 Å². The molecule has 4 nitrogen and oxygen atoms in total. The molecule has 0 aliphatic heterocycles. The number of rotatable bonds is 10. The summed E-state index contributed by atoms with van der Waals surface area (Å²) < 4.78 is 0. The van der Waals surface area contributed by atoms with E-state index < -0.39 is 0 Å². The first kappa shape index (κ1) is 18.4. The Morgan fingerprint density at radius 1 is 1.21 bits per heavy atom. The summed E-state index contributed by atoms with van der Waals surface area (Å²) >= 11 is 0. The van der Waals surface area contributed by atoms with Crippen molar-refractivity contribution in [3.8, 4) is 0 Å². The first-order valence-corrected chi connectivity index (χ1v) is 7.54. The smallest absolute Gasteiger partial charge is 0.222 e. The molecule has 114 valence electrons.